The van der Waals surface area contributed by atoms with Crippen molar-refractivity contribution < 1.29 is 31.1 Å². The third-order valence-electron chi connectivity index (χ3n) is 5.12. The normalized spacial score (nSPS) is 12.9. The van der Waals surface area contributed by atoms with E-state index in [1.54, 1.807) is 36.4 Å². The summed E-state index contributed by atoms with van der Waals surface area (Å²) in [6, 6.07) is 15.6. The number of hydrogen-bond donors (Lipinski definition) is 2. The molecule has 0 fully saturated rings. The fourth-order valence-electron chi connectivity index (χ4n) is 3.36. The first-order chi connectivity index (χ1) is 16.6. The minimum Gasteiger partial charge on any atom is -0.496 e. The molecule has 0 aromatic heterocycles. The Morgan fingerprint density at radius 1 is 0.735 bits per heavy atom. The molecule has 0 radical (unpaired) electrons. The summed E-state index contributed by atoms with van der Waals surface area (Å²) in [5.41, 5.74) is 2.29. The zero-order valence-corrected chi connectivity index (χ0v) is 19.4. The summed E-state index contributed by atoms with van der Waals surface area (Å²) in [6.07, 6.45) is 0. The van der Waals surface area contributed by atoms with Gasteiger partial charge in [0, 0.05) is 18.7 Å². The molecule has 3 aromatic rings. The summed E-state index contributed by atoms with van der Waals surface area (Å²) in [4.78, 5) is 25.6. The number of carbonyl (C=O) groups excluding carboxylic acids is 2. The minimum atomic E-state index is -0.369. The number of benzene rings is 3. The molecule has 34 heavy (non-hydrogen) atoms. The van der Waals surface area contributed by atoms with Crippen LogP contribution in [-0.4, -0.2) is 18.9 Å². The van der Waals surface area contributed by atoms with Crippen molar-refractivity contribution in [3.8, 4) is 28.7 Å². The molecule has 0 spiro atoms. The van der Waals surface area contributed by atoms with Gasteiger partial charge in [-0.05, 0) is 53.6 Å². The van der Waals surface area contributed by atoms with Crippen LogP contribution in [0.1, 0.15) is 31.8 Å². The van der Waals surface area contributed by atoms with Gasteiger partial charge >= 0.3 is 0 Å². The van der Waals surface area contributed by atoms with Gasteiger partial charge in [-0.1, -0.05) is 12.1 Å². The Morgan fingerprint density at radius 3 is 1.88 bits per heavy atom. The summed E-state index contributed by atoms with van der Waals surface area (Å²) in [5.74, 6) is 2.18. The molecule has 0 atom stereocenters. The molecule has 0 saturated heterocycles. The van der Waals surface area contributed by atoms with E-state index in [4.69, 9.17) is 21.5 Å². The largest absolute Gasteiger partial charge is 0.496 e. The highest BCUT2D eigenvalue weighted by atomic mass is 32.2. The zero-order chi connectivity index (χ0) is 23.5. The first-order valence-electron chi connectivity index (χ1n) is 10.1. The predicted molar refractivity (Wildman–Crippen MR) is 126 cm³/mol. The maximum absolute atomic E-state index is 12.9. The quantitative estimate of drug-likeness (QED) is 0.463. The van der Waals surface area contributed by atoms with Crippen LogP contribution < -0.4 is 32.1 Å². The van der Waals surface area contributed by atoms with Gasteiger partial charge in [-0.3, -0.25) is 9.59 Å². The number of fused-ring (bicyclic) bond motifs is 2. The number of rotatable bonds is 7. The number of amides is 2. The number of methoxy groups -OCH3 is 1. The first-order valence-corrected chi connectivity index (χ1v) is 11.5. The van der Waals surface area contributed by atoms with Gasteiger partial charge < -0.3 is 32.1 Å². The monoisotopic (exact) mass is 498 g/mol. The average Bonchev–Trinajstić information content (AvgIpc) is 3.54. The molecule has 2 amide bonds. The molecule has 0 unspecified atom stereocenters. The van der Waals surface area contributed by atoms with Crippen LogP contribution in [0.25, 0.3) is 0 Å². The molecule has 9 nitrogen and oxygen atoms in total. The van der Waals surface area contributed by atoms with Crippen LogP contribution >= 0.6 is 24.6 Å². The Hall–Kier alpha value is -3.70. The molecular weight excluding hydrogens is 480 g/mol. The van der Waals surface area contributed by atoms with Crippen molar-refractivity contribution in [3.63, 3.8) is 0 Å². The lowest BCUT2D eigenvalue weighted by molar-refractivity contribution is 0.0948. The number of ether oxygens (including phenoxy) is 1. The molecule has 2 aliphatic heterocycles. The smallest absolute Gasteiger partial charge is 0.293 e. The minimum absolute atomic E-state index is 0.256. The maximum Gasteiger partial charge on any atom is 0.293 e. The number of carbonyl (C=O) groups is 2. The summed E-state index contributed by atoms with van der Waals surface area (Å²) in [7, 11) is 1.47. The van der Waals surface area contributed by atoms with Crippen molar-refractivity contribution in [3.05, 3.63) is 76.9 Å². The van der Waals surface area contributed by atoms with Gasteiger partial charge in [0.1, 0.15) is 5.75 Å². The third kappa shape index (κ3) is 4.66. The molecule has 5 rings (SSSR count). The van der Waals surface area contributed by atoms with Gasteiger partial charge in [0.05, 0.1) is 12.7 Å². The molecule has 2 heterocycles. The van der Waals surface area contributed by atoms with Crippen molar-refractivity contribution >= 4 is 36.5 Å². The van der Waals surface area contributed by atoms with Gasteiger partial charge in [0.15, 0.2) is 23.0 Å². The zero-order valence-electron chi connectivity index (χ0n) is 17.8. The van der Waals surface area contributed by atoms with Crippen LogP contribution in [-0.2, 0) is 13.1 Å². The van der Waals surface area contributed by atoms with Crippen LogP contribution in [0, 0.1) is 0 Å². The Morgan fingerprint density at radius 2 is 1.29 bits per heavy atom. The molecular formula is C23H18N2O7S2. The summed E-state index contributed by atoms with van der Waals surface area (Å²) < 4.78 is 26.3. The molecule has 0 aliphatic carbocycles. The van der Waals surface area contributed by atoms with E-state index in [0.717, 1.165) is 35.8 Å². The number of hydrogen-bond acceptors (Lipinski definition) is 9. The van der Waals surface area contributed by atoms with Crippen LogP contribution in [0.2, 0.25) is 0 Å². The Kier molecular flexibility index (Phi) is 6.28. The van der Waals surface area contributed by atoms with E-state index in [0.29, 0.717) is 34.3 Å². The van der Waals surface area contributed by atoms with Crippen molar-refractivity contribution in [2.24, 2.45) is 0 Å². The summed E-state index contributed by atoms with van der Waals surface area (Å²) in [5, 5.41) is 5.70. The van der Waals surface area contributed by atoms with Crippen LogP contribution in [0.15, 0.2) is 54.6 Å². The van der Waals surface area contributed by atoms with E-state index < -0.39 is 0 Å². The van der Waals surface area contributed by atoms with Crippen molar-refractivity contribution in [1.29, 1.82) is 0 Å². The maximum atomic E-state index is 12.9. The second-order valence-electron chi connectivity index (χ2n) is 7.31. The lowest BCUT2D eigenvalue weighted by Gasteiger charge is -2.12. The SMILES string of the molecule is COc1ccc(C(=O)NCc2ccc3c(c2)OSO3)cc1C(=O)NCc1ccc2c(c1)OSO2. The Balaban J connectivity index is 1.25. The Labute approximate surface area is 203 Å². The lowest BCUT2D eigenvalue weighted by Crippen LogP contribution is -2.26. The van der Waals surface area contributed by atoms with E-state index in [1.165, 1.54) is 13.2 Å². The number of nitrogens with one attached hydrogen (secondary N) is 2. The van der Waals surface area contributed by atoms with E-state index >= 15 is 0 Å². The van der Waals surface area contributed by atoms with Crippen LogP contribution in [0.4, 0.5) is 0 Å². The van der Waals surface area contributed by atoms with Crippen molar-refractivity contribution in [2.75, 3.05) is 7.11 Å². The second kappa shape index (κ2) is 9.65. The first kappa shape index (κ1) is 22.1. The third-order valence-corrected chi connectivity index (χ3v) is 6.11. The topological polar surface area (TPSA) is 104 Å². The molecule has 2 N–H and O–H groups in total. The second-order valence-corrected chi connectivity index (χ2v) is 8.25. The fraction of sp³-hybridized carbons (Fsp3) is 0.130. The molecule has 2 aliphatic rings. The highest BCUT2D eigenvalue weighted by molar-refractivity contribution is 7.91. The van der Waals surface area contributed by atoms with E-state index in [-0.39, 0.29) is 30.5 Å². The predicted octanol–water partition coefficient (Wildman–Crippen LogP) is 4.22. The van der Waals surface area contributed by atoms with Gasteiger partial charge in [0.2, 0.25) is 0 Å². The standard InChI is InChI=1S/C23H18N2O7S2/c1-28-17-7-4-15(22(26)24-11-13-2-5-18-20(8-13)31-33-29-18)10-16(17)23(27)25-12-14-3-6-19-21(9-14)32-34-30-19/h2-10H,11-12H2,1H3,(H,24,26)(H,25,27). The van der Waals surface area contributed by atoms with Gasteiger partial charge in [-0.15, -0.1) is 0 Å². The van der Waals surface area contributed by atoms with E-state index in [9.17, 15) is 9.59 Å². The highest BCUT2D eigenvalue weighted by Gasteiger charge is 2.19. The fourth-order valence-corrected chi connectivity index (χ4v) is 4.26. The van der Waals surface area contributed by atoms with Crippen LogP contribution in [0.5, 0.6) is 28.7 Å². The highest BCUT2D eigenvalue weighted by Crippen LogP contribution is 2.39. The molecule has 0 bridgehead atoms. The summed E-state index contributed by atoms with van der Waals surface area (Å²) >= 11 is 1.79. The Bertz CT molecular complexity index is 1270. The van der Waals surface area contributed by atoms with Gasteiger partial charge in [-0.25, -0.2) is 0 Å². The van der Waals surface area contributed by atoms with Crippen LogP contribution in [0.3, 0.4) is 0 Å². The molecule has 174 valence electrons. The lowest BCUT2D eigenvalue weighted by atomic mass is 10.1. The van der Waals surface area contributed by atoms with Gasteiger partial charge in [0.25, 0.3) is 36.5 Å². The summed E-state index contributed by atoms with van der Waals surface area (Å²) in [6.45, 7) is 0.554. The van der Waals surface area contributed by atoms with Gasteiger partial charge in [-0.2, -0.15) is 0 Å². The molecule has 11 heteroatoms. The van der Waals surface area contributed by atoms with E-state index in [1.807, 2.05) is 12.1 Å². The molecule has 0 saturated carbocycles. The van der Waals surface area contributed by atoms with Crippen molar-refractivity contribution in [2.45, 2.75) is 13.1 Å². The van der Waals surface area contributed by atoms with E-state index in [2.05, 4.69) is 10.6 Å². The van der Waals surface area contributed by atoms with Crippen molar-refractivity contribution in [1.82, 2.24) is 10.6 Å². The average molecular weight is 499 g/mol. The molecule has 3 aromatic carbocycles.